The van der Waals surface area contributed by atoms with Gasteiger partial charge in [0.15, 0.2) is 11.5 Å². The first-order valence-corrected chi connectivity index (χ1v) is 12.6. The van der Waals surface area contributed by atoms with Crippen LogP contribution in [0.1, 0.15) is 23.6 Å². The maximum atomic E-state index is 12.8. The number of amides is 1. The molecule has 36 heavy (non-hydrogen) atoms. The molecule has 1 N–H and O–H groups in total. The summed E-state index contributed by atoms with van der Waals surface area (Å²) in [7, 11) is 0. The van der Waals surface area contributed by atoms with E-state index in [1.54, 1.807) is 18.2 Å². The van der Waals surface area contributed by atoms with Crippen molar-refractivity contribution in [2.24, 2.45) is 0 Å². The van der Waals surface area contributed by atoms with Crippen LogP contribution in [0.5, 0.6) is 11.5 Å². The van der Waals surface area contributed by atoms with Gasteiger partial charge in [0.25, 0.3) is 5.91 Å². The summed E-state index contributed by atoms with van der Waals surface area (Å²) in [4.78, 5) is 12.8. The third kappa shape index (κ3) is 5.86. The number of nitrogens with zero attached hydrogens (tertiary/aromatic N) is 1. The highest BCUT2D eigenvalue weighted by molar-refractivity contribution is 14.1. The summed E-state index contributed by atoms with van der Waals surface area (Å²) in [5, 5.41) is 14.8. The second kappa shape index (κ2) is 11.7. The van der Waals surface area contributed by atoms with Gasteiger partial charge in [0.2, 0.25) is 0 Å². The van der Waals surface area contributed by atoms with Crippen LogP contribution >= 0.6 is 22.6 Å². The lowest BCUT2D eigenvalue weighted by molar-refractivity contribution is -0.112. The van der Waals surface area contributed by atoms with E-state index < -0.39 is 5.91 Å². The quantitative estimate of drug-likeness (QED) is 0.134. The van der Waals surface area contributed by atoms with E-state index >= 15 is 0 Å². The first kappa shape index (κ1) is 25.3. The van der Waals surface area contributed by atoms with Crippen LogP contribution in [0.3, 0.4) is 0 Å². The summed E-state index contributed by atoms with van der Waals surface area (Å²) < 4.78 is 12.9. The number of halogens is 1. The molecule has 1 amide bonds. The maximum absolute atomic E-state index is 12.8. The van der Waals surface area contributed by atoms with Crippen LogP contribution in [0.15, 0.2) is 84.4 Å². The van der Waals surface area contributed by atoms with Crippen LogP contribution in [-0.4, -0.2) is 12.5 Å². The molecule has 0 heterocycles. The van der Waals surface area contributed by atoms with Crippen LogP contribution in [0.25, 0.3) is 16.8 Å². The van der Waals surface area contributed by atoms with Crippen LogP contribution in [0.2, 0.25) is 0 Å². The Morgan fingerprint density at radius 2 is 1.78 bits per heavy atom. The van der Waals surface area contributed by atoms with E-state index in [4.69, 9.17) is 9.47 Å². The number of fused-ring (bicyclic) bond motifs is 1. The Balaban J connectivity index is 1.60. The number of benzene rings is 4. The molecular weight excluding hydrogens is 563 g/mol. The summed E-state index contributed by atoms with van der Waals surface area (Å²) in [6.45, 7) is 4.64. The monoisotopic (exact) mass is 588 g/mol. The molecule has 0 aromatic heterocycles. The van der Waals surface area contributed by atoms with E-state index in [0.29, 0.717) is 36.0 Å². The molecule has 0 spiro atoms. The average Bonchev–Trinajstić information content (AvgIpc) is 2.88. The van der Waals surface area contributed by atoms with Gasteiger partial charge in [-0.25, -0.2) is 0 Å². The van der Waals surface area contributed by atoms with Crippen molar-refractivity contribution in [1.82, 2.24) is 0 Å². The van der Waals surface area contributed by atoms with Gasteiger partial charge < -0.3 is 14.8 Å². The number of nitriles is 1. The van der Waals surface area contributed by atoms with Crippen molar-refractivity contribution in [1.29, 1.82) is 5.26 Å². The summed E-state index contributed by atoms with van der Waals surface area (Å²) in [6.07, 6.45) is 1.56. The fourth-order valence-corrected chi connectivity index (χ4v) is 4.64. The standard InChI is InChI=1S/C30H25IN2O3/c1-3-35-28-17-21(15-24(18-32)30(34)33-27-14-7-4-9-20(27)2)16-26(31)29(28)36-19-23-12-8-11-22-10-5-6-13-25(22)23/h4-17H,3,19H2,1-2H3,(H,33,34)/b24-15+. The number of aryl methyl sites for hydroxylation is 1. The third-order valence-corrected chi connectivity index (χ3v) is 6.45. The topological polar surface area (TPSA) is 71.3 Å². The van der Waals surface area contributed by atoms with Crippen molar-refractivity contribution in [3.05, 3.63) is 105 Å². The van der Waals surface area contributed by atoms with Gasteiger partial charge in [-0.15, -0.1) is 0 Å². The molecule has 0 aliphatic heterocycles. The zero-order valence-corrected chi connectivity index (χ0v) is 22.2. The van der Waals surface area contributed by atoms with E-state index in [2.05, 4.69) is 52.2 Å². The molecule has 0 radical (unpaired) electrons. The molecule has 4 rings (SSSR count). The number of carbonyl (C=O) groups excluding carboxylic acids is 1. The van der Waals surface area contributed by atoms with Crippen molar-refractivity contribution in [2.45, 2.75) is 20.5 Å². The molecule has 0 aliphatic rings. The van der Waals surface area contributed by atoms with Crippen LogP contribution in [0, 0.1) is 21.8 Å². The number of nitrogens with one attached hydrogen (secondary N) is 1. The largest absolute Gasteiger partial charge is 0.490 e. The van der Waals surface area contributed by atoms with E-state index in [9.17, 15) is 10.1 Å². The number of ether oxygens (including phenoxy) is 2. The van der Waals surface area contributed by atoms with Gasteiger partial charge in [0.05, 0.1) is 10.2 Å². The summed E-state index contributed by atoms with van der Waals surface area (Å²) in [6, 6.07) is 27.5. The van der Waals surface area contributed by atoms with E-state index in [-0.39, 0.29) is 5.57 Å². The maximum Gasteiger partial charge on any atom is 0.266 e. The number of anilines is 1. The Morgan fingerprint density at radius 3 is 2.56 bits per heavy atom. The molecule has 180 valence electrons. The van der Waals surface area contributed by atoms with Crippen LogP contribution in [0.4, 0.5) is 5.69 Å². The predicted molar refractivity (Wildman–Crippen MR) is 152 cm³/mol. The Hall–Kier alpha value is -3.83. The first-order chi connectivity index (χ1) is 17.5. The van der Waals surface area contributed by atoms with Crippen LogP contribution in [-0.2, 0) is 11.4 Å². The molecule has 0 saturated heterocycles. The lowest BCUT2D eigenvalue weighted by atomic mass is 10.1. The Labute approximate surface area is 224 Å². The number of hydrogen-bond acceptors (Lipinski definition) is 4. The highest BCUT2D eigenvalue weighted by atomic mass is 127. The second-order valence-corrected chi connectivity index (χ2v) is 9.29. The molecule has 0 atom stereocenters. The molecule has 5 nitrogen and oxygen atoms in total. The van der Waals surface area contributed by atoms with E-state index in [0.717, 1.165) is 25.5 Å². The lowest BCUT2D eigenvalue weighted by Crippen LogP contribution is -2.14. The highest BCUT2D eigenvalue weighted by Gasteiger charge is 2.15. The SMILES string of the molecule is CCOc1cc(/C=C(\C#N)C(=O)Nc2ccccc2C)cc(I)c1OCc1cccc2ccccc12. The lowest BCUT2D eigenvalue weighted by Gasteiger charge is -2.16. The zero-order chi connectivity index (χ0) is 25.5. The highest BCUT2D eigenvalue weighted by Crippen LogP contribution is 2.36. The van der Waals surface area contributed by atoms with Gasteiger partial charge in [-0.3, -0.25) is 4.79 Å². The van der Waals surface area contributed by atoms with E-state index in [1.165, 1.54) is 0 Å². The van der Waals surface area contributed by atoms with Gasteiger partial charge in [-0.2, -0.15) is 5.26 Å². The fraction of sp³-hybridized carbons (Fsp3) is 0.133. The molecular formula is C30H25IN2O3. The molecule has 4 aromatic rings. The van der Waals surface area contributed by atoms with Crippen molar-refractivity contribution >= 4 is 51.0 Å². The number of para-hydroxylation sites is 1. The Bertz CT molecular complexity index is 1480. The normalized spacial score (nSPS) is 11.1. The zero-order valence-electron chi connectivity index (χ0n) is 20.0. The molecule has 0 fully saturated rings. The molecule has 0 saturated carbocycles. The van der Waals surface area contributed by atoms with Crippen LogP contribution < -0.4 is 14.8 Å². The number of hydrogen-bond donors (Lipinski definition) is 1. The molecule has 0 bridgehead atoms. The van der Waals surface area contributed by atoms with E-state index in [1.807, 2.05) is 62.4 Å². The average molecular weight is 588 g/mol. The van der Waals surface area contributed by atoms with Gasteiger partial charge >= 0.3 is 0 Å². The summed E-state index contributed by atoms with van der Waals surface area (Å²) in [5.41, 5.74) is 3.35. The Morgan fingerprint density at radius 1 is 1.03 bits per heavy atom. The third-order valence-electron chi connectivity index (χ3n) is 5.65. The van der Waals surface area contributed by atoms with Gasteiger partial charge in [-0.05, 0) is 88.2 Å². The van der Waals surface area contributed by atoms with Crippen molar-refractivity contribution < 1.29 is 14.3 Å². The predicted octanol–water partition coefficient (Wildman–Crippen LogP) is 7.28. The minimum atomic E-state index is -0.462. The molecule has 4 aromatic carbocycles. The van der Waals surface area contributed by atoms with Crippen molar-refractivity contribution in [3.8, 4) is 17.6 Å². The molecule has 0 unspecified atom stereocenters. The smallest absolute Gasteiger partial charge is 0.266 e. The fourth-order valence-electron chi connectivity index (χ4n) is 3.86. The number of rotatable bonds is 8. The Kier molecular flexibility index (Phi) is 8.24. The van der Waals surface area contributed by atoms with Crippen molar-refractivity contribution in [3.63, 3.8) is 0 Å². The first-order valence-electron chi connectivity index (χ1n) is 11.5. The molecule has 6 heteroatoms. The van der Waals surface area contributed by atoms with Gasteiger partial charge in [0, 0.05) is 5.69 Å². The van der Waals surface area contributed by atoms with Gasteiger partial charge in [0.1, 0.15) is 18.2 Å². The van der Waals surface area contributed by atoms with Gasteiger partial charge in [-0.1, -0.05) is 60.7 Å². The van der Waals surface area contributed by atoms with Crippen molar-refractivity contribution in [2.75, 3.05) is 11.9 Å². The number of carbonyl (C=O) groups is 1. The minimum absolute atomic E-state index is 0.000857. The summed E-state index contributed by atoms with van der Waals surface area (Å²) >= 11 is 2.19. The summed E-state index contributed by atoms with van der Waals surface area (Å²) in [5.74, 6) is 0.731. The minimum Gasteiger partial charge on any atom is -0.490 e. The second-order valence-electron chi connectivity index (χ2n) is 8.13. The molecule has 0 aliphatic carbocycles.